The SMILES string of the molecule is C=CCNC(=O)[C@@H](C)Sc1nc2cc(Cl)ccc2c(=O)n1-c1cccc(C)c1. The molecule has 0 fully saturated rings. The van der Waals surface area contributed by atoms with Gasteiger partial charge >= 0.3 is 0 Å². The Hall–Kier alpha value is -2.57. The van der Waals surface area contributed by atoms with E-state index in [-0.39, 0.29) is 11.5 Å². The molecule has 0 spiro atoms. The van der Waals surface area contributed by atoms with Gasteiger partial charge in [0.1, 0.15) is 0 Å². The number of fused-ring (bicyclic) bond motifs is 1. The standard InChI is InChI=1S/C21H20ClN3O2S/c1-4-10-23-19(26)14(3)28-21-24-18-12-15(22)8-9-17(18)20(27)25(21)16-7-5-6-13(2)11-16/h4-9,11-12,14H,1,10H2,2-3H3,(H,23,26)/t14-/m1/s1. The second kappa shape index (κ2) is 8.63. The van der Waals surface area contributed by atoms with Crippen LogP contribution in [0.15, 0.2) is 65.1 Å². The van der Waals surface area contributed by atoms with Crippen molar-refractivity contribution in [3.63, 3.8) is 0 Å². The van der Waals surface area contributed by atoms with Crippen LogP contribution in [0.1, 0.15) is 12.5 Å². The minimum atomic E-state index is -0.445. The second-order valence-corrected chi connectivity index (χ2v) is 8.07. The molecule has 0 aliphatic carbocycles. The summed E-state index contributed by atoms with van der Waals surface area (Å²) in [5.74, 6) is -0.152. The molecule has 0 bridgehead atoms. The quantitative estimate of drug-likeness (QED) is 0.375. The van der Waals surface area contributed by atoms with Crippen LogP contribution in [0.4, 0.5) is 0 Å². The minimum absolute atomic E-state index is 0.152. The van der Waals surface area contributed by atoms with E-state index < -0.39 is 5.25 Å². The maximum absolute atomic E-state index is 13.2. The molecule has 144 valence electrons. The highest BCUT2D eigenvalue weighted by molar-refractivity contribution is 8.00. The average molecular weight is 414 g/mol. The van der Waals surface area contributed by atoms with Crippen LogP contribution in [0.2, 0.25) is 5.02 Å². The van der Waals surface area contributed by atoms with Gasteiger partial charge in [0.05, 0.1) is 21.8 Å². The van der Waals surface area contributed by atoms with Crippen LogP contribution in [-0.4, -0.2) is 27.3 Å². The zero-order valence-electron chi connectivity index (χ0n) is 15.6. The summed E-state index contributed by atoms with van der Waals surface area (Å²) < 4.78 is 1.55. The zero-order valence-corrected chi connectivity index (χ0v) is 17.2. The first kappa shape index (κ1) is 20.2. The predicted octanol–water partition coefficient (Wildman–Crippen LogP) is 4.13. The summed E-state index contributed by atoms with van der Waals surface area (Å²) >= 11 is 7.31. The number of carbonyl (C=O) groups excluding carboxylic acids is 1. The number of carbonyl (C=O) groups is 1. The van der Waals surface area contributed by atoms with Gasteiger partial charge in [0.15, 0.2) is 5.16 Å². The van der Waals surface area contributed by atoms with Gasteiger partial charge < -0.3 is 5.32 Å². The van der Waals surface area contributed by atoms with E-state index in [2.05, 4.69) is 16.9 Å². The molecule has 7 heteroatoms. The Morgan fingerprint density at radius 3 is 2.86 bits per heavy atom. The molecule has 1 atom stereocenters. The summed E-state index contributed by atoms with van der Waals surface area (Å²) in [5, 5.41) is 3.73. The van der Waals surface area contributed by atoms with Crippen LogP contribution >= 0.6 is 23.4 Å². The molecule has 3 rings (SSSR count). The van der Waals surface area contributed by atoms with E-state index in [1.165, 1.54) is 11.8 Å². The number of hydrogen-bond donors (Lipinski definition) is 1. The first-order chi connectivity index (χ1) is 13.4. The van der Waals surface area contributed by atoms with Crippen molar-refractivity contribution < 1.29 is 4.79 Å². The molecule has 0 aliphatic rings. The van der Waals surface area contributed by atoms with Crippen molar-refractivity contribution in [2.24, 2.45) is 0 Å². The highest BCUT2D eigenvalue weighted by Crippen LogP contribution is 2.26. The summed E-state index contributed by atoms with van der Waals surface area (Å²) in [6, 6.07) is 12.6. The van der Waals surface area contributed by atoms with Crippen LogP contribution < -0.4 is 10.9 Å². The number of aromatic nitrogens is 2. The lowest BCUT2D eigenvalue weighted by Crippen LogP contribution is -2.32. The first-order valence-electron chi connectivity index (χ1n) is 8.75. The van der Waals surface area contributed by atoms with Crippen LogP contribution in [-0.2, 0) is 4.79 Å². The summed E-state index contributed by atoms with van der Waals surface area (Å²) in [7, 11) is 0. The fourth-order valence-electron chi connectivity index (χ4n) is 2.74. The Morgan fingerprint density at radius 2 is 2.14 bits per heavy atom. The Kier molecular flexibility index (Phi) is 6.21. The number of nitrogens with zero attached hydrogens (tertiary/aromatic N) is 2. The normalized spacial score (nSPS) is 12.0. The van der Waals surface area contributed by atoms with Crippen molar-refractivity contribution in [3.05, 3.63) is 76.1 Å². The molecule has 1 aromatic heterocycles. The fourth-order valence-corrected chi connectivity index (χ4v) is 3.86. The average Bonchev–Trinajstić information content (AvgIpc) is 2.65. The van der Waals surface area contributed by atoms with E-state index in [4.69, 9.17) is 11.6 Å². The summed E-state index contributed by atoms with van der Waals surface area (Å²) in [6.45, 7) is 7.72. The van der Waals surface area contributed by atoms with Gasteiger partial charge in [0, 0.05) is 11.6 Å². The van der Waals surface area contributed by atoms with Gasteiger partial charge in [-0.25, -0.2) is 4.98 Å². The molecular weight excluding hydrogens is 394 g/mol. The lowest BCUT2D eigenvalue weighted by atomic mass is 10.2. The van der Waals surface area contributed by atoms with Gasteiger partial charge in [-0.3, -0.25) is 14.2 Å². The Morgan fingerprint density at radius 1 is 1.36 bits per heavy atom. The van der Waals surface area contributed by atoms with E-state index in [1.54, 1.807) is 35.8 Å². The molecule has 2 aromatic carbocycles. The second-order valence-electron chi connectivity index (χ2n) is 6.33. The predicted molar refractivity (Wildman–Crippen MR) is 116 cm³/mol. The molecule has 1 heterocycles. The lowest BCUT2D eigenvalue weighted by molar-refractivity contribution is -0.120. The van der Waals surface area contributed by atoms with Crippen LogP contribution in [0, 0.1) is 6.92 Å². The van der Waals surface area contributed by atoms with Crippen molar-refractivity contribution in [3.8, 4) is 5.69 Å². The number of thioether (sulfide) groups is 1. The van der Waals surface area contributed by atoms with E-state index >= 15 is 0 Å². The number of benzene rings is 2. The van der Waals surface area contributed by atoms with E-state index in [0.29, 0.717) is 33.3 Å². The van der Waals surface area contributed by atoms with Crippen LogP contribution in [0.25, 0.3) is 16.6 Å². The van der Waals surface area contributed by atoms with Crippen molar-refractivity contribution >= 4 is 40.2 Å². The summed E-state index contributed by atoms with van der Waals surface area (Å²) in [5.41, 5.74) is 2.03. The molecular formula is C21H20ClN3O2S. The molecule has 3 aromatic rings. The fraction of sp³-hybridized carbons (Fsp3) is 0.190. The van der Waals surface area contributed by atoms with Gasteiger partial charge in [-0.15, -0.1) is 6.58 Å². The molecule has 0 saturated heterocycles. The number of rotatable bonds is 6. The Labute approximate surface area is 172 Å². The van der Waals surface area contributed by atoms with Crippen molar-refractivity contribution in [2.45, 2.75) is 24.3 Å². The molecule has 0 saturated carbocycles. The van der Waals surface area contributed by atoms with Crippen LogP contribution in [0.3, 0.4) is 0 Å². The van der Waals surface area contributed by atoms with E-state index in [1.807, 2.05) is 31.2 Å². The van der Waals surface area contributed by atoms with E-state index in [9.17, 15) is 9.59 Å². The number of amides is 1. The summed E-state index contributed by atoms with van der Waals surface area (Å²) in [6.07, 6.45) is 1.62. The molecule has 5 nitrogen and oxygen atoms in total. The molecule has 0 radical (unpaired) electrons. The van der Waals surface area contributed by atoms with Crippen molar-refractivity contribution in [1.82, 2.24) is 14.9 Å². The third-order valence-corrected chi connectivity index (χ3v) is 5.42. The molecule has 1 amide bonds. The maximum Gasteiger partial charge on any atom is 0.266 e. The Balaban J connectivity index is 2.15. The number of halogens is 1. The monoisotopic (exact) mass is 413 g/mol. The van der Waals surface area contributed by atoms with Gasteiger partial charge in [-0.2, -0.15) is 0 Å². The largest absolute Gasteiger partial charge is 0.352 e. The van der Waals surface area contributed by atoms with Gasteiger partial charge in [0.25, 0.3) is 5.56 Å². The number of aryl methyl sites for hydroxylation is 1. The highest BCUT2D eigenvalue weighted by Gasteiger charge is 2.20. The number of nitrogens with one attached hydrogen (secondary N) is 1. The first-order valence-corrected chi connectivity index (χ1v) is 10.0. The van der Waals surface area contributed by atoms with Gasteiger partial charge in [-0.1, -0.05) is 41.6 Å². The third-order valence-electron chi connectivity index (χ3n) is 4.13. The smallest absolute Gasteiger partial charge is 0.266 e. The zero-order chi connectivity index (χ0) is 20.3. The van der Waals surface area contributed by atoms with E-state index in [0.717, 1.165) is 5.56 Å². The Bertz CT molecular complexity index is 1110. The minimum Gasteiger partial charge on any atom is -0.352 e. The van der Waals surface area contributed by atoms with Crippen LogP contribution in [0.5, 0.6) is 0 Å². The topological polar surface area (TPSA) is 64.0 Å². The molecule has 28 heavy (non-hydrogen) atoms. The lowest BCUT2D eigenvalue weighted by Gasteiger charge is -2.16. The van der Waals surface area contributed by atoms with Gasteiger partial charge in [0.2, 0.25) is 5.91 Å². The van der Waals surface area contributed by atoms with Gasteiger partial charge in [-0.05, 0) is 49.7 Å². The molecule has 1 N–H and O–H groups in total. The summed E-state index contributed by atoms with van der Waals surface area (Å²) in [4.78, 5) is 30.2. The number of hydrogen-bond acceptors (Lipinski definition) is 4. The van der Waals surface area contributed by atoms with Crippen molar-refractivity contribution in [2.75, 3.05) is 6.54 Å². The third kappa shape index (κ3) is 4.29. The highest BCUT2D eigenvalue weighted by atomic mass is 35.5. The van der Waals surface area contributed by atoms with Crippen molar-refractivity contribution in [1.29, 1.82) is 0 Å². The molecule has 0 unspecified atom stereocenters. The molecule has 0 aliphatic heterocycles. The maximum atomic E-state index is 13.2.